The van der Waals surface area contributed by atoms with Crippen molar-refractivity contribution in [3.8, 4) is 0 Å². The second kappa shape index (κ2) is 6.81. The van der Waals surface area contributed by atoms with Gasteiger partial charge in [0.25, 0.3) is 10.0 Å². The SMILES string of the molecule is CCN([C@@H](c1ccc(F)cc1)C(F)(F)F)S(=O)(=O)c1ccc(C)s1. The number of benzene rings is 1. The summed E-state index contributed by atoms with van der Waals surface area (Å²) in [6.45, 7) is 2.63. The number of hydrogen-bond donors (Lipinski definition) is 0. The Balaban J connectivity index is 2.56. The number of halogens is 4. The molecule has 2 rings (SSSR count). The number of hydrogen-bond acceptors (Lipinski definition) is 3. The van der Waals surface area contributed by atoms with Crippen LogP contribution in [0, 0.1) is 12.7 Å². The molecule has 24 heavy (non-hydrogen) atoms. The van der Waals surface area contributed by atoms with Crippen LogP contribution in [-0.2, 0) is 10.0 Å². The van der Waals surface area contributed by atoms with Gasteiger partial charge in [0, 0.05) is 11.4 Å². The summed E-state index contributed by atoms with van der Waals surface area (Å²) in [6, 6.07) is 4.10. The second-order valence-electron chi connectivity index (χ2n) is 5.07. The maximum absolute atomic E-state index is 13.6. The molecule has 9 heteroatoms. The lowest BCUT2D eigenvalue weighted by Gasteiger charge is -2.31. The predicted molar refractivity (Wildman–Crippen MR) is 83.8 cm³/mol. The summed E-state index contributed by atoms with van der Waals surface area (Å²) >= 11 is 0.907. The van der Waals surface area contributed by atoms with E-state index in [0.29, 0.717) is 9.18 Å². The highest BCUT2D eigenvalue weighted by atomic mass is 32.2. The van der Waals surface area contributed by atoms with E-state index < -0.39 is 28.1 Å². The largest absolute Gasteiger partial charge is 0.409 e. The molecule has 0 aliphatic heterocycles. The van der Waals surface area contributed by atoms with Crippen LogP contribution in [0.15, 0.2) is 40.6 Å². The first-order valence-electron chi connectivity index (χ1n) is 6.98. The van der Waals surface area contributed by atoms with E-state index in [1.165, 1.54) is 19.1 Å². The van der Waals surface area contributed by atoms with Crippen LogP contribution < -0.4 is 0 Å². The molecule has 0 spiro atoms. The minimum Gasteiger partial charge on any atom is -0.207 e. The van der Waals surface area contributed by atoms with Crippen molar-refractivity contribution in [1.29, 1.82) is 0 Å². The normalized spacial score (nSPS) is 14.1. The molecular weight excluding hydrogens is 366 g/mol. The van der Waals surface area contributed by atoms with Gasteiger partial charge in [-0.05, 0) is 36.8 Å². The van der Waals surface area contributed by atoms with Crippen LogP contribution in [0.5, 0.6) is 0 Å². The van der Waals surface area contributed by atoms with Gasteiger partial charge in [-0.25, -0.2) is 12.8 Å². The Bertz CT molecular complexity index is 798. The highest BCUT2D eigenvalue weighted by Gasteiger charge is 2.48. The third-order valence-corrected chi connectivity index (χ3v) is 6.78. The number of nitrogens with zero attached hydrogens (tertiary/aromatic N) is 1. The molecule has 1 atom stereocenters. The molecule has 1 heterocycles. The third kappa shape index (κ3) is 3.79. The minimum absolute atomic E-state index is 0.154. The summed E-state index contributed by atoms with van der Waals surface area (Å²) in [4.78, 5) is 0.676. The summed E-state index contributed by atoms with van der Waals surface area (Å²) < 4.78 is 79.4. The zero-order chi connectivity index (χ0) is 18.1. The molecular formula is C15H15F4NO2S2. The Morgan fingerprint density at radius 3 is 2.12 bits per heavy atom. The Morgan fingerprint density at radius 2 is 1.71 bits per heavy atom. The maximum atomic E-state index is 13.6. The van der Waals surface area contributed by atoms with Crippen molar-refractivity contribution in [2.24, 2.45) is 0 Å². The van der Waals surface area contributed by atoms with E-state index in [0.717, 1.165) is 35.6 Å². The molecule has 0 saturated carbocycles. The first-order chi connectivity index (χ1) is 11.1. The molecule has 0 saturated heterocycles. The van der Waals surface area contributed by atoms with Gasteiger partial charge in [0.1, 0.15) is 16.1 Å². The maximum Gasteiger partial charge on any atom is 0.409 e. The Hall–Kier alpha value is -1.45. The lowest BCUT2D eigenvalue weighted by Crippen LogP contribution is -2.42. The molecule has 1 aromatic carbocycles. The van der Waals surface area contributed by atoms with Crippen molar-refractivity contribution in [3.05, 3.63) is 52.7 Å². The number of sulfonamides is 1. The molecule has 132 valence electrons. The van der Waals surface area contributed by atoms with Crippen LogP contribution in [0.2, 0.25) is 0 Å². The highest BCUT2D eigenvalue weighted by molar-refractivity contribution is 7.91. The average Bonchev–Trinajstić information content (AvgIpc) is 2.92. The van der Waals surface area contributed by atoms with Gasteiger partial charge in [-0.2, -0.15) is 17.5 Å². The van der Waals surface area contributed by atoms with Crippen molar-refractivity contribution >= 4 is 21.4 Å². The molecule has 3 nitrogen and oxygen atoms in total. The van der Waals surface area contributed by atoms with E-state index in [9.17, 15) is 26.0 Å². The number of thiophene rings is 1. The topological polar surface area (TPSA) is 37.4 Å². The lowest BCUT2D eigenvalue weighted by atomic mass is 10.1. The van der Waals surface area contributed by atoms with E-state index >= 15 is 0 Å². The first kappa shape index (κ1) is 18.9. The Morgan fingerprint density at radius 1 is 1.12 bits per heavy atom. The van der Waals surface area contributed by atoms with Gasteiger partial charge in [-0.15, -0.1) is 11.3 Å². The van der Waals surface area contributed by atoms with Gasteiger partial charge < -0.3 is 0 Å². The summed E-state index contributed by atoms with van der Waals surface area (Å²) in [5.74, 6) is -0.695. The van der Waals surface area contributed by atoms with Crippen molar-refractivity contribution in [3.63, 3.8) is 0 Å². The monoisotopic (exact) mass is 381 g/mol. The van der Waals surface area contributed by atoms with Crippen LogP contribution in [0.1, 0.15) is 23.4 Å². The van der Waals surface area contributed by atoms with Crippen molar-refractivity contribution < 1.29 is 26.0 Å². The van der Waals surface area contributed by atoms with Crippen LogP contribution in [0.4, 0.5) is 17.6 Å². The van der Waals surface area contributed by atoms with E-state index in [4.69, 9.17) is 0 Å². The summed E-state index contributed by atoms with van der Waals surface area (Å²) in [5.41, 5.74) is -0.331. The molecule has 0 fully saturated rings. The summed E-state index contributed by atoms with van der Waals surface area (Å²) in [6.07, 6.45) is -4.84. The number of aryl methyl sites for hydroxylation is 1. The fourth-order valence-electron chi connectivity index (χ4n) is 2.32. The van der Waals surface area contributed by atoms with Gasteiger partial charge in [-0.3, -0.25) is 0 Å². The minimum atomic E-state index is -4.84. The average molecular weight is 381 g/mol. The quantitative estimate of drug-likeness (QED) is 0.715. The van der Waals surface area contributed by atoms with Crippen LogP contribution >= 0.6 is 11.3 Å². The summed E-state index contributed by atoms with van der Waals surface area (Å²) in [5, 5.41) is 0. The fourth-order valence-corrected chi connectivity index (χ4v) is 5.34. The van der Waals surface area contributed by atoms with Crippen LogP contribution in [0.25, 0.3) is 0 Å². The molecule has 0 radical (unpaired) electrons. The molecule has 0 aliphatic carbocycles. The number of alkyl halides is 3. The van der Waals surface area contributed by atoms with Gasteiger partial charge in [-0.1, -0.05) is 19.1 Å². The van der Waals surface area contributed by atoms with E-state index in [-0.39, 0.29) is 16.3 Å². The van der Waals surface area contributed by atoms with E-state index in [1.54, 1.807) is 6.92 Å². The molecule has 0 unspecified atom stereocenters. The van der Waals surface area contributed by atoms with E-state index in [1.807, 2.05) is 0 Å². The van der Waals surface area contributed by atoms with E-state index in [2.05, 4.69) is 0 Å². The smallest absolute Gasteiger partial charge is 0.207 e. The molecule has 2 aromatic rings. The van der Waals surface area contributed by atoms with Gasteiger partial charge in [0.05, 0.1) is 0 Å². The van der Waals surface area contributed by atoms with Gasteiger partial charge in [0.15, 0.2) is 0 Å². The predicted octanol–water partition coefficient (Wildman–Crippen LogP) is 4.51. The van der Waals surface area contributed by atoms with Crippen molar-refractivity contribution in [2.75, 3.05) is 6.54 Å². The fraction of sp³-hybridized carbons (Fsp3) is 0.333. The van der Waals surface area contributed by atoms with Gasteiger partial charge >= 0.3 is 6.18 Å². The molecule has 0 amide bonds. The third-order valence-electron chi connectivity index (χ3n) is 3.37. The standard InChI is InChI=1S/C15H15F4NO2S2/c1-3-20(24(21,22)13-9-4-10(2)23-13)14(15(17,18)19)11-5-7-12(16)8-6-11/h4-9,14H,3H2,1-2H3/t14-/m0/s1. The summed E-state index contributed by atoms with van der Waals surface area (Å²) in [7, 11) is -4.33. The van der Waals surface area contributed by atoms with Gasteiger partial charge in [0.2, 0.25) is 0 Å². The highest BCUT2D eigenvalue weighted by Crippen LogP contribution is 2.41. The zero-order valence-electron chi connectivity index (χ0n) is 12.8. The Labute approximate surface area is 141 Å². The molecule has 0 aliphatic rings. The first-order valence-corrected chi connectivity index (χ1v) is 9.23. The molecule has 0 bridgehead atoms. The van der Waals surface area contributed by atoms with Crippen LogP contribution in [0.3, 0.4) is 0 Å². The van der Waals surface area contributed by atoms with Crippen molar-refractivity contribution in [1.82, 2.24) is 4.31 Å². The molecule has 1 aromatic heterocycles. The number of rotatable bonds is 5. The second-order valence-corrected chi connectivity index (χ2v) is 8.47. The zero-order valence-corrected chi connectivity index (χ0v) is 14.5. The van der Waals surface area contributed by atoms with Crippen molar-refractivity contribution in [2.45, 2.75) is 30.3 Å². The lowest BCUT2D eigenvalue weighted by molar-refractivity contribution is -0.173. The van der Waals surface area contributed by atoms with Crippen LogP contribution in [-0.4, -0.2) is 25.4 Å². The molecule has 0 N–H and O–H groups in total. The Kier molecular flexibility index (Phi) is 5.36.